The van der Waals surface area contributed by atoms with Gasteiger partial charge in [0.2, 0.25) is 4.77 Å². The highest BCUT2D eigenvalue weighted by Crippen LogP contribution is 2.16. The van der Waals surface area contributed by atoms with Gasteiger partial charge in [-0.15, -0.1) is 0 Å². The van der Waals surface area contributed by atoms with E-state index in [0.717, 1.165) is 11.1 Å². The fourth-order valence-electron chi connectivity index (χ4n) is 2.09. The second-order valence-corrected chi connectivity index (χ2v) is 5.32. The van der Waals surface area contributed by atoms with E-state index in [9.17, 15) is 4.79 Å². The summed E-state index contributed by atoms with van der Waals surface area (Å²) in [6.07, 6.45) is 1.66. The molecule has 0 unspecified atom stereocenters. The zero-order valence-corrected chi connectivity index (χ0v) is 13.7. The molecule has 0 saturated heterocycles. The Balaban J connectivity index is 1.86. The molecule has 120 valence electrons. The van der Waals surface area contributed by atoms with Crippen LogP contribution in [0.25, 0.3) is 11.4 Å². The number of ether oxygens (including phenoxy) is 1. The van der Waals surface area contributed by atoms with Gasteiger partial charge in [0.1, 0.15) is 5.75 Å². The van der Waals surface area contributed by atoms with E-state index in [-0.39, 0.29) is 5.97 Å². The minimum atomic E-state index is -0.353. The van der Waals surface area contributed by atoms with Gasteiger partial charge in [0.15, 0.2) is 5.82 Å². The Hall–Kier alpha value is -3.06. The fourth-order valence-corrected chi connectivity index (χ4v) is 2.26. The maximum absolute atomic E-state index is 10.9. The van der Waals surface area contributed by atoms with Crippen LogP contribution in [0.1, 0.15) is 12.5 Å². The molecule has 6 nitrogen and oxygen atoms in total. The van der Waals surface area contributed by atoms with Crippen molar-refractivity contribution >= 4 is 24.4 Å². The summed E-state index contributed by atoms with van der Waals surface area (Å²) in [4.78, 5) is 10.9. The van der Waals surface area contributed by atoms with Gasteiger partial charge in [0, 0.05) is 12.5 Å². The Bertz CT molecular complexity index is 927. The number of aromatic nitrogens is 3. The van der Waals surface area contributed by atoms with Crippen LogP contribution in [0, 0.1) is 4.77 Å². The highest BCUT2D eigenvalue weighted by Gasteiger charge is 2.07. The molecule has 2 aromatic carbocycles. The number of carbonyl (C=O) groups excluding carboxylic acids is 1. The second kappa shape index (κ2) is 7.01. The molecule has 0 bridgehead atoms. The van der Waals surface area contributed by atoms with Crippen molar-refractivity contribution in [1.82, 2.24) is 14.9 Å². The van der Waals surface area contributed by atoms with Gasteiger partial charge in [-0.05, 0) is 42.0 Å². The number of nitrogens with one attached hydrogen (secondary N) is 1. The molecule has 0 radical (unpaired) electrons. The van der Waals surface area contributed by atoms with Gasteiger partial charge < -0.3 is 4.74 Å². The van der Waals surface area contributed by atoms with Gasteiger partial charge in [0.25, 0.3) is 0 Å². The summed E-state index contributed by atoms with van der Waals surface area (Å²) in [5, 5.41) is 11.4. The third-order valence-corrected chi connectivity index (χ3v) is 3.41. The number of H-pyrrole nitrogens is 1. The number of benzene rings is 2. The van der Waals surface area contributed by atoms with E-state index in [4.69, 9.17) is 17.0 Å². The van der Waals surface area contributed by atoms with E-state index < -0.39 is 0 Å². The maximum atomic E-state index is 10.9. The lowest BCUT2D eigenvalue weighted by atomic mass is 10.2. The Morgan fingerprint density at radius 3 is 2.58 bits per heavy atom. The summed E-state index contributed by atoms with van der Waals surface area (Å²) >= 11 is 5.23. The van der Waals surface area contributed by atoms with E-state index in [1.807, 2.05) is 30.3 Å². The molecule has 0 aliphatic carbocycles. The molecule has 0 fully saturated rings. The predicted octanol–water partition coefficient (Wildman–Crippen LogP) is 3.42. The molecular formula is C17H14N4O2S. The smallest absolute Gasteiger partial charge is 0.308 e. The Labute approximate surface area is 143 Å². The Morgan fingerprint density at radius 1 is 1.21 bits per heavy atom. The molecule has 0 aliphatic heterocycles. The normalized spacial score (nSPS) is 10.9. The minimum Gasteiger partial charge on any atom is -0.427 e. The van der Waals surface area contributed by atoms with Gasteiger partial charge in [0.05, 0.1) is 6.21 Å². The van der Waals surface area contributed by atoms with E-state index >= 15 is 0 Å². The fraction of sp³-hybridized carbons (Fsp3) is 0.0588. The van der Waals surface area contributed by atoms with Gasteiger partial charge >= 0.3 is 5.97 Å². The molecule has 0 saturated carbocycles. The molecular weight excluding hydrogens is 324 g/mol. The van der Waals surface area contributed by atoms with Gasteiger partial charge in [-0.3, -0.25) is 4.79 Å². The molecule has 0 spiro atoms. The molecule has 3 rings (SSSR count). The molecule has 1 N–H and O–H groups in total. The zero-order chi connectivity index (χ0) is 16.9. The first kappa shape index (κ1) is 15.8. The summed E-state index contributed by atoms with van der Waals surface area (Å²) in [5.41, 5.74) is 1.75. The lowest BCUT2D eigenvalue weighted by molar-refractivity contribution is -0.131. The van der Waals surface area contributed by atoms with Gasteiger partial charge in [-0.1, -0.05) is 30.3 Å². The van der Waals surface area contributed by atoms with Crippen LogP contribution in [0.2, 0.25) is 0 Å². The van der Waals surface area contributed by atoms with Crippen LogP contribution in [-0.2, 0) is 4.79 Å². The van der Waals surface area contributed by atoms with Gasteiger partial charge in [-0.2, -0.15) is 14.9 Å². The predicted molar refractivity (Wildman–Crippen MR) is 93.6 cm³/mol. The Kier molecular flexibility index (Phi) is 4.62. The first-order valence-electron chi connectivity index (χ1n) is 7.19. The monoisotopic (exact) mass is 338 g/mol. The van der Waals surface area contributed by atoms with Crippen molar-refractivity contribution in [2.24, 2.45) is 5.10 Å². The third kappa shape index (κ3) is 3.64. The second-order valence-electron chi connectivity index (χ2n) is 4.94. The first-order chi connectivity index (χ1) is 11.6. The summed E-state index contributed by atoms with van der Waals surface area (Å²) in [6, 6.07) is 16.7. The lowest BCUT2D eigenvalue weighted by Gasteiger charge is -2.02. The van der Waals surface area contributed by atoms with E-state index in [2.05, 4.69) is 15.3 Å². The Morgan fingerprint density at radius 2 is 1.92 bits per heavy atom. The third-order valence-electron chi connectivity index (χ3n) is 3.15. The average Bonchev–Trinajstić information content (AvgIpc) is 2.95. The van der Waals surface area contributed by atoms with Crippen LogP contribution in [-0.4, -0.2) is 27.1 Å². The number of carbonyl (C=O) groups is 1. The van der Waals surface area contributed by atoms with Gasteiger partial charge in [-0.25, -0.2) is 5.10 Å². The standard InChI is InChI=1S/C17H14N4O2S/c1-12(22)23-15-9-7-13(8-10-15)11-18-21-16(19-20-17(21)24)14-5-3-2-4-6-14/h2-11H,1H3,(H,20,24)/b18-11-. The van der Waals surface area contributed by atoms with Crippen molar-refractivity contribution in [1.29, 1.82) is 0 Å². The number of hydrogen-bond donors (Lipinski definition) is 1. The van der Waals surface area contributed by atoms with Crippen LogP contribution < -0.4 is 4.74 Å². The van der Waals surface area contributed by atoms with Crippen LogP contribution in [0.5, 0.6) is 5.75 Å². The summed E-state index contributed by atoms with van der Waals surface area (Å²) in [7, 11) is 0. The molecule has 0 amide bonds. The highest BCUT2D eigenvalue weighted by atomic mass is 32.1. The summed E-state index contributed by atoms with van der Waals surface area (Å²) in [6.45, 7) is 1.36. The number of aromatic amines is 1. The number of rotatable bonds is 4. The molecule has 7 heteroatoms. The SMILES string of the molecule is CC(=O)Oc1ccc(/C=N\n2c(-c3ccccc3)n[nH]c2=S)cc1. The quantitative estimate of drug-likeness (QED) is 0.342. The lowest BCUT2D eigenvalue weighted by Crippen LogP contribution is -2.01. The molecule has 0 aliphatic rings. The van der Waals surface area contributed by atoms with Crippen LogP contribution >= 0.6 is 12.2 Å². The van der Waals surface area contributed by atoms with Crippen molar-refractivity contribution in [3.05, 3.63) is 64.9 Å². The zero-order valence-electron chi connectivity index (χ0n) is 12.8. The summed E-state index contributed by atoms with van der Waals surface area (Å²) < 4.78 is 6.96. The topological polar surface area (TPSA) is 72.3 Å². The van der Waals surface area contributed by atoms with Crippen molar-refractivity contribution in [2.45, 2.75) is 6.92 Å². The van der Waals surface area contributed by atoms with Crippen molar-refractivity contribution in [3.63, 3.8) is 0 Å². The van der Waals surface area contributed by atoms with Crippen molar-refractivity contribution in [2.75, 3.05) is 0 Å². The molecule has 0 atom stereocenters. The number of nitrogens with zero attached hydrogens (tertiary/aromatic N) is 3. The van der Waals surface area contributed by atoms with E-state index in [1.54, 1.807) is 35.2 Å². The average molecular weight is 338 g/mol. The van der Waals surface area contributed by atoms with E-state index in [1.165, 1.54) is 6.92 Å². The first-order valence-corrected chi connectivity index (χ1v) is 7.60. The van der Waals surface area contributed by atoms with E-state index in [0.29, 0.717) is 16.3 Å². The molecule has 1 aromatic heterocycles. The number of hydrogen-bond acceptors (Lipinski definition) is 5. The van der Waals surface area contributed by atoms with Crippen molar-refractivity contribution < 1.29 is 9.53 Å². The maximum Gasteiger partial charge on any atom is 0.308 e. The minimum absolute atomic E-state index is 0.353. The van der Waals surface area contributed by atoms with Crippen molar-refractivity contribution in [3.8, 4) is 17.1 Å². The molecule has 3 aromatic rings. The van der Waals surface area contributed by atoms with Crippen LogP contribution in [0.3, 0.4) is 0 Å². The highest BCUT2D eigenvalue weighted by molar-refractivity contribution is 7.71. The number of esters is 1. The largest absolute Gasteiger partial charge is 0.427 e. The van der Waals surface area contributed by atoms with Crippen LogP contribution in [0.15, 0.2) is 59.7 Å². The summed E-state index contributed by atoms with van der Waals surface area (Å²) in [5.74, 6) is 0.770. The molecule has 24 heavy (non-hydrogen) atoms. The van der Waals surface area contributed by atoms with Crippen LogP contribution in [0.4, 0.5) is 0 Å². The molecule has 1 heterocycles.